The van der Waals surface area contributed by atoms with Crippen molar-refractivity contribution in [2.45, 2.75) is 32.7 Å². The number of para-hydroxylation sites is 1. The largest absolute Gasteiger partial charge is 0.342 e. The number of hydrogen-bond acceptors (Lipinski definition) is 3. The van der Waals surface area contributed by atoms with Gasteiger partial charge in [-0.25, -0.2) is 14.1 Å². The summed E-state index contributed by atoms with van der Waals surface area (Å²) in [6, 6.07) is 20.5. The molecule has 5 rings (SSSR count). The lowest BCUT2D eigenvalue weighted by atomic mass is 9.98. The second kappa shape index (κ2) is 9.85. The number of urea groups is 1. The minimum absolute atomic E-state index is 0.153. The zero-order valence-corrected chi connectivity index (χ0v) is 20.6. The number of hydrogen-bond donors (Lipinski definition) is 1. The van der Waals surface area contributed by atoms with E-state index in [4.69, 9.17) is 0 Å². The van der Waals surface area contributed by atoms with Crippen molar-refractivity contribution >= 4 is 40.5 Å². The van der Waals surface area contributed by atoms with E-state index in [-0.39, 0.29) is 17.9 Å². The van der Waals surface area contributed by atoms with E-state index in [0.29, 0.717) is 22.7 Å². The van der Waals surface area contributed by atoms with Gasteiger partial charge in [-0.15, -0.1) is 0 Å². The van der Waals surface area contributed by atoms with Crippen LogP contribution in [-0.4, -0.2) is 22.4 Å². The Morgan fingerprint density at radius 2 is 1.65 bits per heavy atom. The Balaban J connectivity index is 1.53. The quantitative estimate of drug-likeness (QED) is 0.263. The molecule has 6 nitrogen and oxygen atoms in total. The maximum absolute atomic E-state index is 14.3. The maximum Gasteiger partial charge on any atom is 0.335 e. The first-order chi connectivity index (χ1) is 17.9. The van der Waals surface area contributed by atoms with E-state index in [1.165, 1.54) is 12.1 Å². The number of imide groups is 2. The highest BCUT2D eigenvalue weighted by Gasteiger charge is 2.37. The van der Waals surface area contributed by atoms with E-state index < -0.39 is 17.8 Å². The second-order valence-electron chi connectivity index (χ2n) is 9.18. The number of halogens is 1. The Morgan fingerprint density at radius 1 is 0.946 bits per heavy atom. The zero-order chi connectivity index (χ0) is 26.1. The van der Waals surface area contributed by atoms with Crippen LogP contribution >= 0.6 is 0 Å². The van der Waals surface area contributed by atoms with Crippen molar-refractivity contribution in [1.29, 1.82) is 0 Å². The third-order valence-corrected chi connectivity index (χ3v) is 6.85. The number of nitrogens with one attached hydrogen (secondary N) is 1. The van der Waals surface area contributed by atoms with Crippen molar-refractivity contribution in [3.05, 3.63) is 107 Å². The predicted octanol–water partition coefficient (Wildman–Crippen LogP) is 6.01. The molecule has 0 spiro atoms. The molecular formula is C30H26FN3O3. The predicted molar refractivity (Wildman–Crippen MR) is 142 cm³/mol. The summed E-state index contributed by atoms with van der Waals surface area (Å²) < 4.78 is 16.2. The molecule has 3 aromatic carbocycles. The first kappa shape index (κ1) is 24.2. The third-order valence-electron chi connectivity index (χ3n) is 6.85. The molecule has 1 aromatic heterocycles. The molecule has 0 saturated carbocycles. The van der Waals surface area contributed by atoms with Crippen LogP contribution < -0.4 is 10.2 Å². The average molecular weight is 496 g/mol. The number of nitrogens with zero attached hydrogens (tertiary/aromatic N) is 2. The van der Waals surface area contributed by atoms with E-state index in [2.05, 4.69) is 19.2 Å². The number of amides is 4. The number of fused-ring (bicyclic) bond motifs is 1. The van der Waals surface area contributed by atoms with E-state index in [9.17, 15) is 18.8 Å². The van der Waals surface area contributed by atoms with Crippen molar-refractivity contribution in [1.82, 2.24) is 9.88 Å². The second-order valence-corrected chi connectivity index (χ2v) is 9.18. The van der Waals surface area contributed by atoms with E-state index in [1.807, 2.05) is 41.0 Å². The number of carbonyl (C=O) groups excluding carboxylic acids is 3. The van der Waals surface area contributed by atoms with E-state index in [0.717, 1.165) is 27.8 Å². The smallest absolute Gasteiger partial charge is 0.335 e. The molecule has 1 unspecified atom stereocenters. The van der Waals surface area contributed by atoms with E-state index in [1.54, 1.807) is 36.5 Å². The van der Waals surface area contributed by atoms with Crippen LogP contribution in [0.15, 0.2) is 84.6 Å². The van der Waals surface area contributed by atoms with Gasteiger partial charge in [-0.05, 0) is 48.2 Å². The summed E-state index contributed by atoms with van der Waals surface area (Å²) in [6.45, 7) is 4.48. The van der Waals surface area contributed by atoms with Crippen molar-refractivity contribution < 1.29 is 18.8 Å². The lowest BCUT2D eigenvalue weighted by molar-refractivity contribution is -0.122. The zero-order valence-electron chi connectivity index (χ0n) is 20.6. The molecule has 1 N–H and O–H groups in total. The minimum atomic E-state index is -0.787. The molecule has 186 valence electrons. The van der Waals surface area contributed by atoms with Crippen molar-refractivity contribution in [3.8, 4) is 0 Å². The summed E-state index contributed by atoms with van der Waals surface area (Å²) >= 11 is 0. The highest BCUT2D eigenvalue weighted by Crippen LogP contribution is 2.28. The maximum atomic E-state index is 14.3. The molecule has 1 aliphatic rings. The first-order valence-electron chi connectivity index (χ1n) is 12.2. The summed E-state index contributed by atoms with van der Waals surface area (Å²) in [7, 11) is 0. The molecule has 37 heavy (non-hydrogen) atoms. The number of carbonyl (C=O) groups is 3. The number of benzene rings is 3. The van der Waals surface area contributed by atoms with Crippen LogP contribution in [0.4, 0.5) is 14.9 Å². The topological polar surface area (TPSA) is 71.4 Å². The van der Waals surface area contributed by atoms with Crippen LogP contribution in [0.5, 0.6) is 0 Å². The lowest BCUT2D eigenvalue weighted by Crippen LogP contribution is -2.54. The highest BCUT2D eigenvalue weighted by atomic mass is 19.1. The number of anilines is 1. The molecule has 2 heterocycles. The molecular weight excluding hydrogens is 469 g/mol. The highest BCUT2D eigenvalue weighted by molar-refractivity contribution is 6.39. The van der Waals surface area contributed by atoms with Gasteiger partial charge in [-0.3, -0.25) is 14.9 Å². The molecule has 1 aliphatic heterocycles. The van der Waals surface area contributed by atoms with Crippen LogP contribution in [0.1, 0.15) is 42.9 Å². The Hall–Kier alpha value is -4.52. The van der Waals surface area contributed by atoms with Gasteiger partial charge in [0.2, 0.25) is 0 Å². The van der Waals surface area contributed by atoms with E-state index >= 15 is 0 Å². The van der Waals surface area contributed by atoms with Crippen LogP contribution in [0, 0.1) is 5.82 Å². The summed E-state index contributed by atoms with van der Waals surface area (Å²) in [5, 5.41) is 3.08. The summed E-state index contributed by atoms with van der Waals surface area (Å²) in [4.78, 5) is 39.8. The van der Waals surface area contributed by atoms with Gasteiger partial charge in [0.25, 0.3) is 11.8 Å². The minimum Gasteiger partial charge on any atom is -0.342 e. The molecule has 0 bridgehead atoms. The summed E-state index contributed by atoms with van der Waals surface area (Å²) in [5.41, 5.74) is 3.30. The number of aromatic nitrogens is 1. The third kappa shape index (κ3) is 4.56. The number of barbiturate groups is 1. The monoisotopic (exact) mass is 495 g/mol. The molecule has 4 amide bonds. The van der Waals surface area contributed by atoms with Gasteiger partial charge in [-0.2, -0.15) is 0 Å². The fourth-order valence-corrected chi connectivity index (χ4v) is 4.57. The van der Waals surface area contributed by atoms with Gasteiger partial charge in [-0.1, -0.05) is 62.4 Å². The van der Waals surface area contributed by atoms with Gasteiger partial charge >= 0.3 is 6.03 Å². The normalized spacial score (nSPS) is 15.9. The fourth-order valence-electron chi connectivity index (χ4n) is 4.57. The molecule has 1 fully saturated rings. The van der Waals surface area contributed by atoms with Gasteiger partial charge in [0.1, 0.15) is 11.4 Å². The summed E-state index contributed by atoms with van der Waals surface area (Å²) in [5.74, 6) is -1.42. The molecule has 0 aliphatic carbocycles. The molecule has 7 heteroatoms. The lowest BCUT2D eigenvalue weighted by Gasteiger charge is -2.26. The van der Waals surface area contributed by atoms with Crippen molar-refractivity contribution in [2.24, 2.45) is 0 Å². The van der Waals surface area contributed by atoms with Crippen LogP contribution in [0.25, 0.3) is 17.0 Å². The fraction of sp³-hybridized carbons (Fsp3) is 0.167. The molecule has 4 aromatic rings. The Bertz CT molecular complexity index is 1550. The molecule has 1 atom stereocenters. The van der Waals surface area contributed by atoms with Crippen LogP contribution in [-0.2, 0) is 16.1 Å². The molecule has 0 radical (unpaired) electrons. The Kier molecular flexibility index (Phi) is 6.44. The Morgan fingerprint density at radius 3 is 2.38 bits per heavy atom. The molecule has 1 saturated heterocycles. The van der Waals surface area contributed by atoms with Gasteiger partial charge in [0.05, 0.1) is 12.2 Å². The first-order valence-corrected chi connectivity index (χ1v) is 12.2. The van der Waals surface area contributed by atoms with Crippen molar-refractivity contribution in [2.75, 3.05) is 4.90 Å². The van der Waals surface area contributed by atoms with Gasteiger partial charge in [0.15, 0.2) is 0 Å². The van der Waals surface area contributed by atoms with Crippen LogP contribution in [0.3, 0.4) is 0 Å². The van der Waals surface area contributed by atoms with Gasteiger partial charge in [0, 0.05) is 28.2 Å². The van der Waals surface area contributed by atoms with Gasteiger partial charge < -0.3 is 4.57 Å². The standard InChI is InChI=1S/C30H26FN3O3/c1-3-19(2)20-12-14-23(15-13-20)34-29(36)25(28(35)32-30(34)37)16-22-18-33(27-11-7-5-9-24(22)27)17-21-8-4-6-10-26(21)31/h4-16,18-19H,3,17H2,1-2H3,(H,32,35,37)/b25-16+. The van der Waals surface area contributed by atoms with Crippen LogP contribution in [0.2, 0.25) is 0 Å². The summed E-state index contributed by atoms with van der Waals surface area (Å²) in [6.07, 6.45) is 4.24. The average Bonchev–Trinajstić information content (AvgIpc) is 3.25. The number of rotatable bonds is 6. The Labute approximate surface area is 214 Å². The SMILES string of the molecule is CCC(C)c1ccc(N2C(=O)NC(=O)/C(=C\c3cn(Cc4ccccc4F)c4ccccc34)C2=O)cc1. The van der Waals surface area contributed by atoms with Crippen molar-refractivity contribution in [3.63, 3.8) is 0 Å².